The highest BCUT2D eigenvalue weighted by molar-refractivity contribution is 7.08. The number of hydrogen-bond donors (Lipinski definition) is 0. The molecule has 54 valence electrons. The molecule has 0 spiro atoms. The van der Waals surface area contributed by atoms with E-state index < -0.39 is 0 Å². The maximum atomic E-state index is 5.66. The van der Waals surface area contributed by atoms with Crippen LogP contribution in [0.3, 0.4) is 0 Å². The van der Waals surface area contributed by atoms with Gasteiger partial charge in [0, 0.05) is 10.8 Å². The van der Waals surface area contributed by atoms with E-state index >= 15 is 0 Å². The predicted molar refractivity (Wildman–Crippen MR) is 40.1 cm³/mol. The Bertz CT molecular complexity index is 235. The van der Waals surface area contributed by atoms with Crippen molar-refractivity contribution in [1.82, 2.24) is 0 Å². The molecule has 4 heteroatoms. The second-order valence-corrected chi connectivity index (χ2v) is 3.17. The molecule has 2 nitrogen and oxygen atoms in total. The van der Waals surface area contributed by atoms with Gasteiger partial charge in [0.15, 0.2) is 11.5 Å². The second-order valence-electron chi connectivity index (χ2n) is 1.94. The maximum absolute atomic E-state index is 5.66. The normalized spacial score (nSPS) is 22.7. The van der Waals surface area contributed by atoms with Crippen LogP contribution in [0, 0.1) is 0 Å². The van der Waals surface area contributed by atoms with Crippen molar-refractivity contribution in [3.8, 4) is 11.5 Å². The summed E-state index contributed by atoms with van der Waals surface area (Å²) in [6.45, 7) is 0.436. The fraction of sp³-hybridized carbons (Fsp3) is 0.333. The molecule has 0 amide bonds. The number of thiophene rings is 1. The highest BCUT2D eigenvalue weighted by Crippen LogP contribution is 2.35. The van der Waals surface area contributed by atoms with Gasteiger partial charge >= 0.3 is 0 Å². The first-order chi connectivity index (χ1) is 4.86. The van der Waals surface area contributed by atoms with Gasteiger partial charge in [-0.05, 0) is 0 Å². The van der Waals surface area contributed by atoms with Gasteiger partial charge in [-0.25, -0.2) is 0 Å². The lowest BCUT2D eigenvalue weighted by atomic mass is 10.5. The monoisotopic (exact) mass is 176 g/mol. The highest BCUT2D eigenvalue weighted by Gasteiger charge is 2.18. The zero-order valence-corrected chi connectivity index (χ0v) is 6.61. The van der Waals surface area contributed by atoms with Crippen LogP contribution in [-0.2, 0) is 0 Å². The summed E-state index contributed by atoms with van der Waals surface area (Å²) >= 11 is 7.21. The molecule has 0 aromatic carbocycles. The van der Waals surface area contributed by atoms with E-state index in [2.05, 4.69) is 0 Å². The summed E-state index contributed by atoms with van der Waals surface area (Å²) in [5, 5.41) is 3.78. The molecule has 1 atom stereocenters. The Morgan fingerprint density at radius 2 is 2.30 bits per heavy atom. The lowest BCUT2D eigenvalue weighted by Crippen LogP contribution is -2.22. The van der Waals surface area contributed by atoms with Crippen LogP contribution in [0.4, 0.5) is 0 Å². The molecule has 0 N–H and O–H groups in total. The highest BCUT2D eigenvalue weighted by atomic mass is 35.5. The molecule has 2 rings (SSSR count). The van der Waals surface area contributed by atoms with Crippen molar-refractivity contribution in [2.75, 3.05) is 6.61 Å². The summed E-state index contributed by atoms with van der Waals surface area (Å²) in [5.74, 6) is 1.57. The van der Waals surface area contributed by atoms with Crippen molar-refractivity contribution in [1.29, 1.82) is 0 Å². The van der Waals surface area contributed by atoms with Crippen LogP contribution in [-0.4, -0.2) is 12.2 Å². The molecule has 0 fully saturated rings. The molecule has 10 heavy (non-hydrogen) atoms. The summed E-state index contributed by atoms with van der Waals surface area (Å²) in [7, 11) is 0. The van der Waals surface area contributed by atoms with Crippen molar-refractivity contribution >= 4 is 22.9 Å². The minimum Gasteiger partial charge on any atom is -0.484 e. The summed E-state index contributed by atoms with van der Waals surface area (Å²) in [6, 6.07) is 0. The first kappa shape index (κ1) is 6.31. The second kappa shape index (κ2) is 2.32. The van der Waals surface area contributed by atoms with Crippen molar-refractivity contribution < 1.29 is 9.47 Å². The van der Waals surface area contributed by atoms with Gasteiger partial charge in [0.1, 0.15) is 6.61 Å². The van der Waals surface area contributed by atoms with Gasteiger partial charge in [-0.15, -0.1) is 11.3 Å². The molecular weight excluding hydrogens is 172 g/mol. The summed E-state index contributed by atoms with van der Waals surface area (Å²) in [6.07, 6.45) is 0. The lowest BCUT2D eigenvalue weighted by molar-refractivity contribution is 0.146. The van der Waals surface area contributed by atoms with Crippen LogP contribution in [0.25, 0.3) is 0 Å². The molecule has 0 aliphatic carbocycles. The van der Waals surface area contributed by atoms with E-state index in [1.165, 1.54) is 0 Å². The molecule has 1 aromatic rings. The van der Waals surface area contributed by atoms with Crippen molar-refractivity contribution in [2.45, 2.75) is 5.56 Å². The Morgan fingerprint density at radius 1 is 1.50 bits per heavy atom. The van der Waals surface area contributed by atoms with E-state index in [1.54, 1.807) is 11.3 Å². The minimum atomic E-state index is -0.331. The molecule has 0 bridgehead atoms. The third-order valence-electron chi connectivity index (χ3n) is 1.22. The fourth-order valence-corrected chi connectivity index (χ4v) is 1.62. The molecule has 0 saturated heterocycles. The molecule has 1 unspecified atom stereocenters. The van der Waals surface area contributed by atoms with Gasteiger partial charge in [0.05, 0.1) is 0 Å². The third kappa shape index (κ3) is 0.954. The molecule has 2 heterocycles. The number of rotatable bonds is 0. The quantitative estimate of drug-likeness (QED) is 0.564. The summed E-state index contributed by atoms with van der Waals surface area (Å²) in [5.41, 5.74) is -0.331. The van der Waals surface area contributed by atoms with Gasteiger partial charge < -0.3 is 9.47 Å². The smallest absolute Gasteiger partial charge is 0.206 e. The van der Waals surface area contributed by atoms with Crippen LogP contribution in [0.5, 0.6) is 11.5 Å². The van der Waals surface area contributed by atoms with Crippen LogP contribution in [0.1, 0.15) is 0 Å². The maximum Gasteiger partial charge on any atom is 0.206 e. The van der Waals surface area contributed by atoms with Crippen molar-refractivity contribution in [3.05, 3.63) is 10.8 Å². The topological polar surface area (TPSA) is 18.5 Å². The first-order valence-corrected chi connectivity index (χ1v) is 4.24. The van der Waals surface area contributed by atoms with Crippen LogP contribution < -0.4 is 9.47 Å². The van der Waals surface area contributed by atoms with Crippen LogP contribution in [0.15, 0.2) is 10.8 Å². The first-order valence-electron chi connectivity index (χ1n) is 2.86. The average Bonchev–Trinajstić information content (AvgIpc) is 2.33. The summed E-state index contributed by atoms with van der Waals surface area (Å²) in [4.78, 5) is 0. The van der Waals surface area contributed by atoms with E-state index in [0.717, 1.165) is 11.5 Å². The summed E-state index contributed by atoms with van der Waals surface area (Å²) < 4.78 is 10.5. The van der Waals surface area contributed by atoms with E-state index in [4.69, 9.17) is 21.1 Å². The largest absolute Gasteiger partial charge is 0.484 e. The Hall–Kier alpha value is -0.410. The van der Waals surface area contributed by atoms with Gasteiger partial charge in [0.25, 0.3) is 0 Å². The van der Waals surface area contributed by atoms with Crippen molar-refractivity contribution in [2.24, 2.45) is 0 Å². The van der Waals surface area contributed by atoms with Gasteiger partial charge in [0.2, 0.25) is 5.56 Å². The molecular formula is C6H5ClO2S. The van der Waals surface area contributed by atoms with Crippen LogP contribution >= 0.6 is 22.9 Å². The number of ether oxygens (including phenoxy) is 2. The van der Waals surface area contributed by atoms with Gasteiger partial charge in [-0.2, -0.15) is 0 Å². The molecule has 1 aliphatic heterocycles. The Balaban J connectivity index is 2.30. The predicted octanol–water partition coefficient (Wildman–Crippen LogP) is 2.08. The molecule has 0 radical (unpaired) electrons. The van der Waals surface area contributed by atoms with Gasteiger partial charge in [-0.1, -0.05) is 11.6 Å². The molecule has 0 saturated carbocycles. The van der Waals surface area contributed by atoms with E-state index in [0.29, 0.717) is 6.61 Å². The lowest BCUT2D eigenvalue weighted by Gasteiger charge is -2.18. The van der Waals surface area contributed by atoms with E-state index in [-0.39, 0.29) is 5.56 Å². The fourth-order valence-electron chi connectivity index (χ4n) is 0.792. The molecule has 1 aliphatic rings. The Labute approximate surface area is 67.3 Å². The van der Waals surface area contributed by atoms with E-state index in [9.17, 15) is 0 Å². The molecule has 1 aromatic heterocycles. The zero-order chi connectivity index (χ0) is 6.97. The average molecular weight is 177 g/mol. The van der Waals surface area contributed by atoms with Crippen molar-refractivity contribution in [3.63, 3.8) is 0 Å². The number of hydrogen-bond acceptors (Lipinski definition) is 3. The van der Waals surface area contributed by atoms with Crippen LogP contribution in [0.2, 0.25) is 0 Å². The standard InChI is InChI=1S/C6H5ClO2S/c7-6-1-8-4-2-10-3-5(4)9-6/h2-3,6H,1H2. The van der Waals surface area contributed by atoms with E-state index in [1.807, 2.05) is 10.8 Å². The SMILES string of the molecule is ClC1COc2cscc2O1. The third-order valence-corrected chi connectivity index (χ3v) is 2.13. The Morgan fingerprint density at radius 3 is 3.20 bits per heavy atom. The number of alkyl halides is 1. The zero-order valence-electron chi connectivity index (χ0n) is 5.04. The number of fused-ring (bicyclic) bond motifs is 1. The van der Waals surface area contributed by atoms with Gasteiger partial charge in [-0.3, -0.25) is 0 Å². The number of halogens is 1. The Kier molecular flexibility index (Phi) is 1.47. The minimum absolute atomic E-state index is 0.331.